The topological polar surface area (TPSA) is 60.1 Å². The van der Waals surface area contributed by atoms with Crippen molar-refractivity contribution < 1.29 is 13.1 Å². The van der Waals surface area contributed by atoms with Crippen LogP contribution in [0.4, 0.5) is 0 Å². The predicted octanol–water partition coefficient (Wildman–Crippen LogP) is 4.14. The maximum atomic E-state index is 7.88. The van der Waals surface area contributed by atoms with Gasteiger partial charge in [0.05, 0.1) is 0 Å². The number of nitrogens with zero attached hydrogens (tertiary/aromatic N) is 1. The average Bonchev–Trinajstić information content (AvgIpc) is 2.35. The number of hydrogen-bond donors (Lipinski definition) is 2. The second kappa shape index (κ2) is 7.61. The summed E-state index contributed by atoms with van der Waals surface area (Å²) in [5.74, 6) is 0.0279. The molecule has 0 amide bonds. The molecule has 2 rings (SSSR count). The molecule has 0 saturated heterocycles. The first-order chi connectivity index (χ1) is 9.02. The van der Waals surface area contributed by atoms with Crippen LogP contribution in [-0.4, -0.2) is 17.8 Å². The summed E-state index contributed by atoms with van der Waals surface area (Å²) in [4.78, 5) is 3.80. The molecule has 19 heavy (non-hydrogen) atoms. The Morgan fingerprint density at radius 2 is 1.63 bits per heavy atom. The van der Waals surface area contributed by atoms with Crippen molar-refractivity contribution in [2.45, 2.75) is 13.8 Å². The van der Waals surface area contributed by atoms with Crippen molar-refractivity contribution in [3.63, 3.8) is 0 Å². The molecule has 0 radical (unpaired) electrons. The third-order valence-corrected chi connectivity index (χ3v) is 2.70. The second-order valence-corrected chi connectivity index (χ2v) is 5.72. The minimum absolute atomic E-state index is 0.0279. The van der Waals surface area contributed by atoms with Crippen LogP contribution in [-0.2, 0) is 13.1 Å². The molecule has 0 bridgehead atoms. The third kappa shape index (κ3) is 4.02. The molecule has 2 N–H and O–H groups in total. The quantitative estimate of drug-likeness (QED) is 0.723. The first kappa shape index (κ1) is 16.1. The Balaban J connectivity index is 0.000000550. The first-order valence-corrected chi connectivity index (χ1v) is 8.40. The summed E-state index contributed by atoms with van der Waals surface area (Å²) in [5, 5.41) is 15.4. The fourth-order valence-corrected chi connectivity index (χ4v) is 1.91. The van der Waals surface area contributed by atoms with Crippen molar-refractivity contribution in [1.82, 2.24) is 0 Å². The van der Waals surface area contributed by atoms with Gasteiger partial charge in [0.2, 0.25) is 0 Å². The zero-order valence-electron chi connectivity index (χ0n) is 10.4. The molecule has 1 heterocycles. The van der Waals surface area contributed by atoms with E-state index in [0.29, 0.717) is 0 Å². The molecule has 3 nitrogen and oxygen atoms in total. The van der Waals surface area contributed by atoms with Crippen molar-refractivity contribution in [3.8, 4) is 0 Å². The molecule has 1 aliphatic heterocycles. The molecule has 102 valence electrons. The third-order valence-electron chi connectivity index (χ3n) is 2.70. The number of benzene rings is 1. The van der Waals surface area contributed by atoms with E-state index in [2.05, 4.69) is 4.99 Å². The van der Waals surface area contributed by atoms with E-state index in [-0.39, 0.29) is 24.7 Å². The van der Waals surface area contributed by atoms with E-state index in [9.17, 15) is 0 Å². The summed E-state index contributed by atoms with van der Waals surface area (Å²) in [5.41, 5.74) is 4.28. The number of amidine groups is 1. The van der Waals surface area contributed by atoms with Gasteiger partial charge in [0.1, 0.15) is 5.71 Å². The van der Waals surface area contributed by atoms with Crippen molar-refractivity contribution >= 4 is 43.5 Å². The van der Waals surface area contributed by atoms with Gasteiger partial charge in [-0.3, -0.25) is 10.8 Å². The maximum absolute atomic E-state index is 7.88. The van der Waals surface area contributed by atoms with Crippen LogP contribution in [0.25, 0.3) is 5.57 Å². The Bertz CT molecular complexity index is 545. The van der Waals surface area contributed by atoms with Crippen molar-refractivity contribution in [2.75, 3.05) is 0 Å². The number of allylic oxidation sites excluding steroid dienone is 1. The summed E-state index contributed by atoms with van der Waals surface area (Å²) >= 11 is 0.194. The zero-order valence-corrected chi connectivity index (χ0v) is 13.1. The molecule has 1 aromatic carbocycles. The molecule has 1 aromatic rings. The summed E-state index contributed by atoms with van der Waals surface area (Å²) in [6.45, 7) is 4.04. The fourth-order valence-electron chi connectivity index (χ4n) is 1.91. The van der Waals surface area contributed by atoms with E-state index in [0.717, 1.165) is 22.3 Å². The normalized spacial score (nSPS) is 14.0. The summed E-state index contributed by atoms with van der Waals surface area (Å²) in [6, 6.07) is 6.04. The van der Waals surface area contributed by atoms with Gasteiger partial charge in [0.15, 0.2) is 5.84 Å². The van der Waals surface area contributed by atoms with E-state index in [1.54, 1.807) is 12.3 Å². The molecule has 6 heteroatoms. The van der Waals surface area contributed by atoms with Gasteiger partial charge < -0.3 is 0 Å². The van der Waals surface area contributed by atoms with E-state index in [4.69, 9.17) is 31.0 Å². The SMILES string of the molecule is Cc1cccc(C)c1C1=CC=NC(=N)C1=N.[Cl][Fe][Cl]. The van der Waals surface area contributed by atoms with Crippen molar-refractivity contribution in [3.05, 3.63) is 41.0 Å². The Hall–Kier alpha value is -0.931. The van der Waals surface area contributed by atoms with Crippen molar-refractivity contribution in [1.29, 1.82) is 10.8 Å². The molecule has 0 aliphatic carbocycles. The standard InChI is InChI=1S/C13H13N3.2ClH.Fe/c1-8-4-3-5-9(2)11(8)10-6-7-16-13(15)12(10)14;;;/h3-7,14-15H,1-2H3;2*1H;/q;;;+2/p-2. The van der Waals surface area contributed by atoms with Gasteiger partial charge in [-0.1, -0.05) is 18.2 Å². The summed E-state index contributed by atoms with van der Waals surface area (Å²) < 4.78 is 0. The van der Waals surface area contributed by atoms with Crippen LogP contribution >= 0.6 is 20.2 Å². The van der Waals surface area contributed by atoms with E-state index in [1.165, 1.54) is 0 Å². The first-order valence-electron chi connectivity index (χ1n) is 5.37. The van der Waals surface area contributed by atoms with Crippen LogP contribution < -0.4 is 0 Å². The van der Waals surface area contributed by atoms with Crippen LogP contribution in [0.2, 0.25) is 0 Å². The van der Waals surface area contributed by atoms with Gasteiger partial charge in [-0.15, -0.1) is 0 Å². The number of hydrogen-bond acceptors (Lipinski definition) is 2. The fraction of sp³-hybridized carbons (Fsp3) is 0.154. The molecule has 0 fully saturated rings. The van der Waals surface area contributed by atoms with Crippen LogP contribution in [0.5, 0.6) is 0 Å². The number of nitrogens with one attached hydrogen (secondary N) is 2. The molecule has 1 aliphatic rings. The van der Waals surface area contributed by atoms with Gasteiger partial charge in [0.25, 0.3) is 0 Å². The Kier molecular flexibility index (Phi) is 6.46. The average molecular weight is 338 g/mol. The Labute approximate surface area is 127 Å². The van der Waals surface area contributed by atoms with Gasteiger partial charge in [-0.05, 0) is 36.6 Å². The van der Waals surface area contributed by atoms with Gasteiger partial charge in [-0.25, -0.2) is 4.99 Å². The number of aliphatic imine (C=N–C) groups is 1. The Morgan fingerprint density at radius 3 is 2.16 bits per heavy atom. The molecule has 0 spiro atoms. The van der Waals surface area contributed by atoms with Crippen LogP contribution in [0.3, 0.4) is 0 Å². The number of dihydropyridines is 1. The second-order valence-electron chi connectivity index (χ2n) is 3.90. The summed E-state index contributed by atoms with van der Waals surface area (Å²) in [7, 11) is 9.53. The summed E-state index contributed by atoms with van der Waals surface area (Å²) in [6.07, 6.45) is 3.39. The zero-order chi connectivity index (χ0) is 14.4. The minimum atomic E-state index is 0.0279. The monoisotopic (exact) mass is 337 g/mol. The van der Waals surface area contributed by atoms with Gasteiger partial charge >= 0.3 is 33.3 Å². The van der Waals surface area contributed by atoms with Crippen LogP contribution in [0, 0.1) is 24.7 Å². The van der Waals surface area contributed by atoms with E-state index in [1.807, 2.05) is 32.0 Å². The van der Waals surface area contributed by atoms with E-state index < -0.39 is 0 Å². The number of halogens is 2. The molecule has 0 atom stereocenters. The van der Waals surface area contributed by atoms with Crippen LogP contribution in [0.1, 0.15) is 16.7 Å². The van der Waals surface area contributed by atoms with E-state index >= 15 is 0 Å². The van der Waals surface area contributed by atoms with Gasteiger partial charge in [-0.2, -0.15) is 0 Å². The molecular weight excluding hydrogens is 325 g/mol. The predicted molar refractivity (Wildman–Crippen MR) is 79.5 cm³/mol. The number of aryl methyl sites for hydroxylation is 2. The van der Waals surface area contributed by atoms with Gasteiger partial charge in [0, 0.05) is 11.8 Å². The van der Waals surface area contributed by atoms with Crippen molar-refractivity contribution in [2.24, 2.45) is 4.99 Å². The Morgan fingerprint density at radius 1 is 1.11 bits per heavy atom. The number of rotatable bonds is 1. The molecule has 0 unspecified atom stereocenters. The molecule has 0 saturated carbocycles. The molecular formula is C13H13Cl2FeN3. The van der Waals surface area contributed by atoms with Crippen LogP contribution in [0.15, 0.2) is 29.3 Å². The molecule has 0 aromatic heterocycles.